The SMILES string of the molecule is CCc1[nH]nc(N)c1C(C)=N. The maximum absolute atomic E-state index is 7.40. The van der Waals surface area contributed by atoms with Gasteiger partial charge in [-0.25, -0.2) is 0 Å². The molecule has 0 atom stereocenters. The van der Waals surface area contributed by atoms with Crippen molar-refractivity contribution in [2.75, 3.05) is 5.73 Å². The summed E-state index contributed by atoms with van der Waals surface area (Å²) in [5.41, 5.74) is 7.70. The number of nitrogens with two attached hydrogens (primary N) is 1. The molecular formula is C7H12N4. The zero-order chi connectivity index (χ0) is 8.43. The molecule has 0 aliphatic rings. The summed E-state index contributed by atoms with van der Waals surface area (Å²) in [6.07, 6.45) is 0.829. The Morgan fingerprint density at radius 1 is 1.73 bits per heavy atom. The highest BCUT2D eigenvalue weighted by molar-refractivity contribution is 6.01. The Bertz CT molecular complexity index is 274. The van der Waals surface area contributed by atoms with E-state index in [0.717, 1.165) is 17.7 Å². The Hall–Kier alpha value is -1.32. The molecule has 0 saturated heterocycles. The van der Waals surface area contributed by atoms with Crippen LogP contribution < -0.4 is 5.73 Å². The van der Waals surface area contributed by atoms with E-state index in [0.29, 0.717) is 11.5 Å². The number of rotatable bonds is 2. The van der Waals surface area contributed by atoms with Crippen LogP contribution in [0.1, 0.15) is 25.1 Å². The highest BCUT2D eigenvalue weighted by Gasteiger charge is 2.09. The Morgan fingerprint density at radius 2 is 2.36 bits per heavy atom. The third-order valence-corrected chi connectivity index (χ3v) is 1.60. The first kappa shape index (κ1) is 7.78. The molecule has 1 aromatic rings. The Balaban J connectivity index is 3.17. The van der Waals surface area contributed by atoms with Crippen molar-refractivity contribution in [1.29, 1.82) is 5.41 Å². The summed E-state index contributed by atoms with van der Waals surface area (Å²) in [6, 6.07) is 0. The minimum absolute atomic E-state index is 0.425. The largest absolute Gasteiger partial charge is 0.382 e. The highest BCUT2D eigenvalue weighted by Crippen LogP contribution is 2.13. The number of nitrogen functional groups attached to an aromatic ring is 1. The van der Waals surface area contributed by atoms with Gasteiger partial charge in [-0.05, 0) is 13.3 Å². The standard InChI is InChI=1S/C7H12N4/c1-3-5-6(4(2)8)7(9)11-10-5/h8H,3H2,1-2H3,(H3,9,10,11). The fourth-order valence-electron chi connectivity index (χ4n) is 1.07. The van der Waals surface area contributed by atoms with Gasteiger partial charge < -0.3 is 11.1 Å². The van der Waals surface area contributed by atoms with Crippen LogP contribution in [0.2, 0.25) is 0 Å². The summed E-state index contributed by atoms with van der Waals surface area (Å²) in [5, 5.41) is 14.0. The smallest absolute Gasteiger partial charge is 0.154 e. The van der Waals surface area contributed by atoms with Gasteiger partial charge in [-0.2, -0.15) is 5.10 Å². The third kappa shape index (κ3) is 1.24. The Labute approximate surface area is 65.3 Å². The minimum atomic E-state index is 0.425. The lowest BCUT2D eigenvalue weighted by atomic mass is 10.1. The third-order valence-electron chi connectivity index (χ3n) is 1.60. The molecule has 0 amide bonds. The zero-order valence-electron chi connectivity index (χ0n) is 6.73. The molecule has 0 radical (unpaired) electrons. The van der Waals surface area contributed by atoms with E-state index in [-0.39, 0.29) is 0 Å². The molecule has 0 spiro atoms. The average molecular weight is 152 g/mol. The first-order valence-corrected chi connectivity index (χ1v) is 3.55. The van der Waals surface area contributed by atoms with Gasteiger partial charge in [0.1, 0.15) is 0 Å². The molecule has 4 nitrogen and oxygen atoms in total. The van der Waals surface area contributed by atoms with E-state index < -0.39 is 0 Å². The fourth-order valence-corrected chi connectivity index (χ4v) is 1.07. The maximum atomic E-state index is 7.40. The molecular weight excluding hydrogens is 140 g/mol. The number of hydrogen-bond acceptors (Lipinski definition) is 3. The first-order chi connectivity index (χ1) is 5.16. The summed E-state index contributed by atoms with van der Waals surface area (Å²) in [7, 11) is 0. The summed E-state index contributed by atoms with van der Waals surface area (Å²) < 4.78 is 0. The number of nitrogens with zero attached hydrogens (tertiary/aromatic N) is 1. The van der Waals surface area contributed by atoms with Crippen molar-refractivity contribution in [2.45, 2.75) is 20.3 Å². The fraction of sp³-hybridized carbons (Fsp3) is 0.429. The van der Waals surface area contributed by atoms with Gasteiger partial charge in [-0.15, -0.1) is 0 Å². The van der Waals surface area contributed by atoms with E-state index in [4.69, 9.17) is 11.1 Å². The van der Waals surface area contributed by atoms with Crippen molar-refractivity contribution >= 4 is 11.5 Å². The lowest BCUT2D eigenvalue weighted by molar-refractivity contribution is 0.975. The van der Waals surface area contributed by atoms with Crippen molar-refractivity contribution in [3.8, 4) is 0 Å². The van der Waals surface area contributed by atoms with Crippen LogP contribution in [-0.2, 0) is 6.42 Å². The average Bonchev–Trinajstić information content (AvgIpc) is 2.30. The summed E-state index contributed by atoms with van der Waals surface area (Å²) >= 11 is 0. The number of hydrogen-bond donors (Lipinski definition) is 3. The second-order valence-electron chi connectivity index (χ2n) is 2.44. The molecule has 1 heterocycles. The van der Waals surface area contributed by atoms with Crippen LogP contribution in [0, 0.1) is 5.41 Å². The highest BCUT2D eigenvalue weighted by atomic mass is 15.2. The monoisotopic (exact) mass is 152 g/mol. The van der Waals surface area contributed by atoms with Crippen LogP contribution in [0.25, 0.3) is 0 Å². The number of nitrogens with one attached hydrogen (secondary N) is 2. The number of aromatic nitrogens is 2. The van der Waals surface area contributed by atoms with E-state index in [9.17, 15) is 0 Å². The summed E-state index contributed by atoms with van der Waals surface area (Å²) in [5.74, 6) is 0.425. The topological polar surface area (TPSA) is 78.6 Å². The van der Waals surface area contributed by atoms with Crippen LogP contribution >= 0.6 is 0 Å². The lowest BCUT2D eigenvalue weighted by Crippen LogP contribution is -1.99. The lowest BCUT2D eigenvalue weighted by Gasteiger charge is -1.96. The zero-order valence-corrected chi connectivity index (χ0v) is 6.73. The van der Waals surface area contributed by atoms with E-state index in [2.05, 4.69) is 10.2 Å². The second kappa shape index (κ2) is 2.74. The number of aromatic amines is 1. The Morgan fingerprint density at radius 3 is 2.73 bits per heavy atom. The molecule has 0 fully saturated rings. The minimum Gasteiger partial charge on any atom is -0.382 e. The van der Waals surface area contributed by atoms with Gasteiger partial charge >= 0.3 is 0 Å². The van der Waals surface area contributed by atoms with Gasteiger partial charge in [0.25, 0.3) is 0 Å². The number of aryl methyl sites for hydroxylation is 1. The van der Waals surface area contributed by atoms with Crippen LogP contribution in [0.3, 0.4) is 0 Å². The molecule has 4 N–H and O–H groups in total. The molecule has 1 rings (SSSR count). The molecule has 60 valence electrons. The van der Waals surface area contributed by atoms with Crippen LogP contribution in [-0.4, -0.2) is 15.9 Å². The molecule has 0 saturated carbocycles. The molecule has 1 aromatic heterocycles. The van der Waals surface area contributed by atoms with Crippen LogP contribution in [0.5, 0.6) is 0 Å². The first-order valence-electron chi connectivity index (χ1n) is 3.55. The number of H-pyrrole nitrogens is 1. The van der Waals surface area contributed by atoms with Gasteiger partial charge in [0.05, 0.1) is 5.56 Å². The molecule has 11 heavy (non-hydrogen) atoms. The predicted molar refractivity (Wildman–Crippen MR) is 44.9 cm³/mol. The molecule has 0 aromatic carbocycles. The molecule has 0 aliphatic heterocycles. The van der Waals surface area contributed by atoms with Gasteiger partial charge in [-0.3, -0.25) is 5.10 Å². The van der Waals surface area contributed by atoms with Crippen LogP contribution in [0.4, 0.5) is 5.82 Å². The van der Waals surface area contributed by atoms with E-state index in [1.807, 2.05) is 6.92 Å². The molecule has 0 bridgehead atoms. The van der Waals surface area contributed by atoms with Crippen molar-refractivity contribution in [2.24, 2.45) is 0 Å². The van der Waals surface area contributed by atoms with Crippen molar-refractivity contribution in [3.05, 3.63) is 11.3 Å². The summed E-state index contributed by atoms with van der Waals surface area (Å²) in [6.45, 7) is 3.71. The molecule has 0 aliphatic carbocycles. The molecule has 0 unspecified atom stereocenters. The predicted octanol–water partition coefficient (Wildman–Crippen LogP) is 0.942. The van der Waals surface area contributed by atoms with Gasteiger partial charge in [0.15, 0.2) is 5.82 Å². The summed E-state index contributed by atoms with van der Waals surface area (Å²) in [4.78, 5) is 0. The van der Waals surface area contributed by atoms with Gasteiger partial charge in [0.2, 0.25) is 0 Å². The quantitative estimate of drug-likeness (QED) is 0.551. The van der Waals surface area contributed by atoms with Crippen molar-refractivity contribution < 1.29 is 0 Å². The van der Waals surface area contributed by atoms with E-state index in [1.54, 1.807) is 6.92 Å². The van der Waals surface area contributed by atoms with Crippen molar-refractivity contribution in [3.63, 3.8) is 0 Å². The second-order valence-corrected chi connectivity index (χ2v) is 2.44. The van der Waals surface area contributed by atoms with Gasteiger partial charge in [0, 0.05) is 11.4 Å². The van der Waals surface area contributed by atoms with Crippen LogP contribution in [0.15, 0.2) is 0 Å². The maximum Gasteiger partial charge on any atom is 0.154 e. The van der Waals surface area contributed by atoms with Crippen molar-refractivity contribution in [1.82, 2.24) is 10.2 Å². The van der Waals surface area contributed by atoms with E-state index in [1.165, 1.54) is 0 Å². The molecule has 4 heteroatoms. The Kier molecular flexibility index (Phi) is 1.94. The number of anilines is 1. The normalized spacial score (nSPS) is 10.0. The van der Waals surface area contributed by atoms with E-state index >= 15 is 0 Å². The van der Waals surface area contributed by atoms with Gasteiger partial charge in [-0.1, -0.05) is 6.92 Å².